The van der Waals surface area contributed by atoms with Gasteiger partial charge >= 0.3 is 30.1 Å². The van der Waals surface area contributed by atoms with Gasteiger partial charge in [0.05, 0.1) is 134 Å². The molecule has 12 aromatic rings. The topological polar surface area (TPSA) is 785 Å². The molecule has 0 amide bonds. The largest absolute Gasteiger partial charge is 0.479 e. The highest BCUT2D eigenvalue weighted by Crippen LogP contribution is 2.44. The van der Waals surface area contributed by atoms with Crippen LogP contribution in [0, 0.1) is 69.0 Å². The summed E-state index contributed by atoms with van der Waals surface area (Å²) in [6.07, 6.45) is 11.2. The van der Waals surface area contributed by atoms with Crippen molar-refractivity contribution in [3.8, 4) is 86.9 Å². The normalized spacial score (nSPS) is 27.0. The standard InChI is InChI=1S/3C23H26N6O7.C22H26N6O5.CO2/c24-7-5-15(12-3-1-2-4-12)28-10-13(9-27-28)16-14-6-8-29(21(14)26-11-25-16)36-23-19(32)17(30)18(31)20(35-23)22(33)34;24-6-5-14(11-3-1-2-4-11)29-9-12(8-27-29)16-13-7-15(28-21(13)26-10-25-16)35-23-19(32)17(30)18(31)20(36-23)22(33)34;24-6-5-13(11-3-1-2-4-11)29-9-12(7-28-29)16-15-14(8-25-21(15)27-10-26-16)35-23-19(32)17(30)18(31)20(36-23)22(33)34;23-7-5-15(12-3-1-2-4-12)28-10-13(9-25-28)17-14-6-8-24-20(14)27-22(26-17)33-21-19(31)18(30)16(29)11-32-21;2-1-3/h6,8-12,15,17-20,23,30-32H,1-5H2,(H,33,34);7-11,14,17-20,23,30-32H,1-5H2,(H,33,34)(H,25,26,28);7-11,13,17-20,23,30-32H,1-5H2,(H,33,34)(H,25,26,27);6,8-10,12,15-16,18-19,21,29-31H,1-5,11H2,(H,24,26,27);. The molecule has 0 spiro atoms. The molecule has 23 atom stereocenters. The molecule has 4 aliphatic carbocycles. The summed E-state index contributed by atoms with van der Waals surface area (Å²) in [4.78, 5) is 99.6. The lowest BCUT2D eigenvalue weighted by molar-refractivity contribution is -0.292. The van der Waals surface area contributed by atoms with Crippen LogP contribution in [0.4, 0.5) is 0 Å². The van der Waals surface area contributed by atoms with Gasteiger partial charge in [-0.3, -0.25) is 18.7 Å². The summed E-state index contributed by atoms with van der Waals surface area (Å²) in [5.74, 6) is -2.67. The first-order valence-corrected chi connectivity index (χ1v) is 46.7. The number of fused-ring (bicyclic) bond motifs is 4. The molecule has 16 heterocycles. The second-order valence-electron chi connectivity index (χ2n) is 36.1. The minimum atomic E-state index is -1.83. The van der Waals surface area contributed by atoms with E-state index in [1.807, 2.05) is 44.9 Å². The fraction of sp³-hybridized carbons (Fsp3) is 0.522. The third-order valence-electron chi connectivity index (χ3n) is 27.3. The number of aromatic amines is 3. The van der Waals surface area contributed by atoms with Crippen LogP contribution < -0.4 is 19.0 Å². The van der Waals surface area contributed by atoms with Gasteiger partial charge in [-0.05, 0) is 87.2 Å². The van der Waals surface area contributed by atoms with Crippen LogP contribution in [0.2, 0.25) is 0 Å². The van der Waals surface area contributed by atoms with Crippen LogP contribution in [0.5, 0.6) is 17.6 Å². The summed E-state index contributed by atoms with van der Waals surface area (Å²) in [5.41, 5.74) is 6.65. The number of carboxylic acid groups (broad SMARTS) is 3. The molecule has 23 unspecified atom stereocenters. The Morgan fingerprint density at radius 2 is 0.833 bits per heavy atom. The van der Waals surface area contributed by atoms with E-state index in [9.17, 15) is 112 Å². The maximum Gasteiger partial charge on any atom is 0.373 e. The zero-order valence-electron chi connectivity index (χ0n) is 76.7. The molecule has 52 nitrogen and oxygen atoms in total. The molecule has 144 heavy (non-hydrogen) atoms. The molecule has 0 aromatic carbocycles. The van der Waals surface area contributed by atoms with E-state index in [4.69, 9.17) is 47.6 Å². The molecule has 20 rings (SSSR count). The zero-order valence-corrected chi connectivity index (χ0v) is 76.7. The summed E-state index contributed by atoms with van der Waals surface area (Å²) >= 11 is 0. The molecule has 760 valence electrons. The maximum atomic E-state index is 11.4. The summed E-state index contributed by atoms with van der Waals surface area (Å²) < 4.78 is 46.5. The second kappa shape index (κ2) is 45.9. The number of hydrogen-bond donors (Lipinski definition) is 18. The number of carboxylic acids is 3. The molecule has 52 heteroatoms. The monoisotopic (exact) mass is 1990 g/mol. The molecule has 8 aliphatic rings. The fourth-order valence-electron chi connectivity index (χ4n) is 19.9. The van der Waals surface area contributed by atoms with Gasteiger partial charge in [-0.15, -0.1) is 0 Å². The molecule has 4 aliphatic heterocycles. The van der Waals surface area contributed by atoms with Crippen molar-refractivity contribution in [2.45, 2.75) is 269 Å². The SMILES string of the molecule is N#CCC(C1CCCC1)n1cc(-c2nc(OC3OCC(O)C(O)C3O)nc3[nH]ccc23)cn1.N#CCC(C1CCCC1)n1cc(-c2ncnc3[nH]c(OC4OC(C(=O)O)C(O)C(O)C4O)cc23)cn1.N#CCC(C1CCCC1)n1cc(-c2ncnc3[nH]cc(OC4OC(C(=O)O)C(O)C(O)C4O)c23)cn1.N#CCC(C1CCCC1)n1cc(-c2ncnc3c2ccn3OC2OC(C(=O)O)C(O)C(O)C2O)cn1.O=C=O. The van der Waals surface area contributed by atoms with Crippen LogP contribution in [-0.4, -0.2) is 323 Å². The Morgan fingerprint density at radius 1 is 0.431 bits per heavy atom. The quantitative estimate of drug-likeness (QED) is 0.0351. The lowest BCUT2D eigenvalue weighted by Crippen LogP contribution is -2.62. The minimum absolute atomic E-state index is 0.00888. The number of ether oxygens (including phenoxy) is 7. The van der Waals surface area contributed by atoms with E-state index in [-0.39, 0.29) is 54.6 Å². The summed E-state index contributed by atoms with van der Waals surface area (Å²) in [7, 11) is 0. The Morgan fingerprint density at radius 3 is 1.29 bits per heavy atom. The van der Waals surface area contributed by atoms with E-state index in [1.165, 1.54) is 48.9 Å². The highest BCUT2D eigenvalue weighted by Gasteiger charge is 2.52. The summed E-state index contributed by atoms with van der Waals surface area (Å²) in [5, 5.41) is 206. The van der Waals surface area contributed by atoms with Crippen LogP contribution in [0.15, 0.2) is 105 Å². The number of nitriles is 4. The lowest BCUT2D eigenvalue weighted by Gasteiger charge is -2.38. The van der Waals surface area contributed by atoms with Gasteiger partial charge in [-0.25, -0.2) is 44.3 Å². The number of aliphatic carboxylic acids is 3. The van der Waals surface area contributed by atoms with Crippen LogP contribution in [-0.2, 0) is 42.9 Å². The number of carbonyl (C=O) groups is 3. The van der Waals surface area contributed by atoms with Crippen molar-refractivity contribution in [1.82, 2.24) is 98.7 Å². The van der Waals surface area contributed by atoms with Crippen LogP contribution in [0.1, 0.15) is 153 Å². The highest BCUT2D eigenvalue weighted by molar-refractivity contribution is 5.96. The number of hydrogen-bond acceptors (Lipinski definition) is 41. The van der Waals surface area contributed by atoms with Gasteiger partial charge in [-0.1, -0.05) is 51.4 Å². The third kappa shape index (κ3) is 22.1. The van der Waals surface area contributed by atoms with Gasteiger partial charge in [0.25, 0.3) is 6.29 Å². The molecule has 0 bridgehead atoms. The molecule has 4 saturated carbocycles. The minimum Gasteiger partial charge on any atom is -0.479 e. The Balaban J connectivity index is 0.000000136. The van der Waals surface area contributed by atoms with E-state index in [2.05, 4.69) is 99.5 Å². The van der Waals surface area contributed by atoms with E-state index in [0.29, 0.717) is 122 Å². The average Bonchev–Trinajstić information content (AvgIpc) is 1.53. The molecule has 0 radical (unpaired) electrons. The van der Waals surface area contributed by atoms with Crippen molar-refractivity contribution in [3.63, 3.8) is 0 Å². The highest BCUT2D eigenvalue weighted by atomic mass is 16.8. The van der Waals surface area contributed by atoms with Crippen molar-refractivity contribution >= 4 is 68.2 Å². The Labute approximate surface area is 814 Å². The number of rotatable bonds is 27. The smallest absolute Gasteiger partial charge is 0.373 e. The summed E-state index contributed by atoms with van der Waals surface area (Å²) in [6.45, 7) is -0.186. The Hall–Kier alpha value is -14.4. The van der Waals surface area contributed by atoms with E-state index >= 15 is 0 Å². The van der Waals surface area contributed by atoms with Crippen molar-refractivity contribution in [1.29, 1.82) is 21.0 Å². The van der Waals surface area contributed by atoms with E-state index < -0.39 is 135 Å². The first kappa shape index (κ1) is 103. The first-order chi connectivity index (χ1) is 69.6. The van der Waals surface area contributed by atoms with Gasteiger partial charge in [0.15, 0.2) is 35.6 Å². The van der Waals surface area contributed by atoms with Gasteiger partial charge < -0.3 is 130 Å². The van der Waals surface area contributed by atoms with E-state index in [1.54, 1.807) is 47.8 Å². The Kier molecular flexibility index (Phi) is 32.7. The van der Waals surface area contributed by atoms with Crippen molar-refractivity contribution < 1.29 is 139 Å². The molecular formula is C92H104N24O28. The number of carbonyl (C=O) groups excluding carboxylic acids is 2. The van der Waals surface area contributed by atoms with Crippen LogP contribution in [0.3, 0.4) is 0 Å². The van der Waals surface area contributed by atoms with Gasteiger partial charge in [0.2, 0.25) is 18.9 Å². The summed E-state index contributed by atoms with van der Waals surface area (Å²) in [6, 6.07) is 14.1. The van der Waals surface area contributed by atoms with Crippen molar-refractivity contribution in [2.24, 2.45) is 23.7 Å². The van der Waals surface area contributed by atoms with Gasteiger partial charge in [0, 0.05) is 87.9 Å². The van der Waals surface area contributed by atoms with Gasteiger partial charge in [0.1, 0.15) is 109 Å². The number of aliphatic hydroxyl groups is 12. The first-order valence-electron chi connectivity index (χ1n) is 46.7. The van der Waals surface area contributed by atoms with Crippen molar-refractivity contribution in [3.05, 3.63) is 105 Å². The number of nitrogens with one attached hydrogen (secondary N) is 3. The number of nitrogens with zero attached hydrogens (tertiary/aromatic N) is 21. The predicted octanol–water partition coefficient (Wildman–Crippen LogP) is 2.44. The fourth-order valence-corrected chi connectivity index (χ4v) is 19.9. The van der Waals surface area contributed by atoms with Crippen LogP contribution in [0.25, 0.3) is 89.2 Å². The molecule has 18 N–H and O–H groups in total. The molecular weight excluding hydrogens is 1890 g/mol. The predicted molar refractivity (Wildman–Crippen MR) is 483 cm³/mol. The van der Waals surface area contributed by atoms with E-state index in [0.717, 1.165) is 106 Å². The molecule has 4 saturated heterocycles. The maximum absolute atomic E-state index is 11.4. The van der Waals surface area contributed by atoms with Crippen LogP contribution >= 0.6 is 0 Å². The second-order valence-corrected chi connectivity index (χ2v) is 36.1. The number of aromatic nitrogens is 20. The Bertz CT molecular complexity index is 6550. The third-order valence-corrected chi connectivity index (χ3v) is 27.3. The molecule has 8 fully saturated rings. The zero-order chi connectivity index (χ0) is 102. The van der Waals surface area contributed by atoms with Crippen molar-refractivity contribution in [2.75, 3.05) is 6.61 Å². The number of aliphatic hydroxyl groups excluding tert-OH is 12. The van der Waals surface area contributed by atoms with Gasteiger partial charge in [-0.2, -0.15) is 65.7 Å². The molecule has 12 aromatic heterocycles. The number of H-pyrrole nitrogens is 3. The lowest BCUT2D eigenvalue weighted by atomic mass is 9.96. The average molecular weight is 1990 g/mol.